The van der Waals surface area contributed by atoms with E-state index in [1.165, 1.54) is 0 Å². The van der Waals surface area contributed by atoms with E-state index in [1.807, 2.05) is 45.0 Å². The van der Waals surface area contributed by atoms with Gasteiger partial charge in [-0.25, -0.2) is 0 Å². The number of ether oxygens (including phenoxy) is 1. The second-order valence-electron chi connectivity index (χ2n) is 6.04. The van der Waals surface area contributed by atoms with Crippen molar-refractivity contribution in [2.24, 2.45) is 0 Å². The molecule has 0 bridgehead atoms. The lowest BCUT2D eigenvalue weighted by molar-refractivity contribution is -0.114. The van der Waals surface area contributed by atoms with E-state index in [-0.39, 0.29) is 24.4 Å². The molecule has 6 nitrogen and oxygen atoms in total. The molecule has 0 saturated carbocycles. The van der Waals surface area contributed by atoms with Crippen molar-refractivity contribution in [2.75, 3.05) is 23.8 Å². The van der Waals surface area contributed by atoms with Crippen molar-refractivity contribution in [1.29, 1.82) is 0 Å². The van der Waals surface area contributed by atoms with Crippen LogP contribution >= 0.6 is 0 Å². The number of carbonyl (C=O) groups excluding carboxylic acids is 2. The van der Waals surface area contributed by atoms with Gasteiger partial charge in [0.2, 0.25) is 5.91 Å². The highest BCUT2D eigenvalue weighted by atomic mass is 16.5. The predicted octanol–water partition coefficient (Wildman–Crippen LogP) is 3.27. The van der Waals surface area contributed by atoms with Crippen LogP contribution in [-0.2, 0) is 4.79 Å². The summed E-state index contributed by atoms with van der Waals surface area (Å²) in [6, 6.07) is 14.4. The Balaban J connectivity index is 1.95. The third-order valence-corrected chi connectivity index (χ3v) is 3.45. The Bertz CT molecular complexity index is 759. The van der Waals surface area contributed by atoms with Gasteiger partial charge in [-0.1, -0.05) is 18.2 Å². The highest BCUT2D eigenvalue weighted by molar-refractivity contribution is 5.98. The standard InChI is InChI=1S/C20H25N3O3/c1-4-26-18-11-6-5-10-17(18)21-13-19(24)23-16-9-7-8-15(12-16)20(25)22-14(2)3/h5-12,14,21H,4,13H2,1-3H3,(H,22,25)(H,23,24). The third kappa shape index (κ3) is 5.81. The number of rotatable bonds is 8. The fraction of sp³-hybridized carbons (Fsp3) is 0.300. The second-order valence-corrected chi connectivity index (χ2v) is 6.04. The largest absolute Gasteiger partial charge is 0.492 e. The smallest absolute Gasteiger partial charge is 0.251 e. The molecular weight excluding hydrogens is 330 g/mol. The highest BCUT2D eigenvalue weighted by Gasteiger charge is 2.09. The number of anilines is 2. The summed E-state index contributed by atoms with van der Waals surface area (Å²) < 4.78 is 5.52. The maximum absolute atomic E-state index is 12.2. The minimum atomic E-state index is -0.210. The summed E-state index contributed by atoms with van der Waals surface area (Å²) >= 11 is 0. The minimum absolute atomic E-state index is 0.0513. The summed E-state index contributed by atoms with van der Waals surface area (Å²) in [4.78, 5) is 24.3. The van der Waals surface area contributed by atoms with E-state index < -0.39 is 0 Å². The van der Waals surface area contributed by atoms with E-state index in [4.69, 9.17) is 4.74 Å². The van der Waals surface area contributed by atoms with Crippen molar-refractivity contribution in [1.82, 2.24) is 5.32 Å². The average Bonchev–Trinajstić information content (AvgIpc) is 2.61. The van der Waals surface area contributed by atoms with Gasteiger partial charge >= 0.3 is 0 Å². The van der Waals surface area contributed by atoms with Crippen LogP contribution < -0.4 is 20.7 Å². The van der Waals surface area contributed by atoms with Gasteiger partial charge in [0.15, 0.2) is 0 Å². The molecule has 2 aromatic rings. The molecule has 138 valence electrons. The van der Waals surface area contributed by atoms with Gasteiger partial charge in [0, 0.05) is 17.3 Å². The minimum Gasteiger partial charge on any atom is -0.492 e. The average molecular weight is 355 g/mol. The molecule has 3 N–H and O–H groups in total. The van der Waals surface area contributed by atoms with E-state index in [1.54, 1.807) is 24.3 Å². The van der Waals surface area contributed by atoms with Crippen LogP contribution in [0.25, 0.3) is 0 Å². The molecule has 2 amide bonds. The number of hydrogen-bond acceptors (Lipinski definition) is 4. The lowest BCUT2D eigenvalue weighted by Gasteiger charge is -2.13. The van der Waals surface area contributed by atoms with Crippen LogP contribution in [0, 0.1) is 0 Å². The number of amides is 2. The molecular formula is C20H25N3O3. The quantitative estimate of drug-likeness (QED) is 0.679. The van der Waals surface area contributed by atoms with Crippen molar-refractivity contribution in [2.45, 2.75) is 26.8 Å². The molecule has 2 rings (SSSR count). The summed E-state index contributed by atoms with van der Waals surface area (Å²) in [5, 5.41) is 8.68. The Kier molecular flexibility index (Phi) is 7.02. The van der Waals surface area contributed by atoms with Gasteiger partial charge in [-0.2, -0.15) is 0 Å². The topological polar surface area (TPSA) is 79.5 Å². The molecule has 0 saturated heterocycles. The molecule has 0 fully saturated rings. The molecule has 0 spiro atoms. The SMILES string of the molecule is CCOc1ccccc1NCC(=O)Nc1cccc(C(=O)NC(C)C)c1. The number of hydrogen-bond donors (Lipinski definition) is 3. The first kappa shape index (κ1) is 19.3. The van der Waals surface area contributed by atoms with Gasteiger partial charge in [-0.15, -0.1) is 0 Å². The molecule has 2 aromatic carbocycles. The van der Waals surface area contributed by atoms with E-state index >= 15 is 0 Å². The lowest BCUT2D eigenvalue weighted by Crippen LogP contribution is -2.30. The van der Waals surface area contributed by atoms with Crippen LogP contribution in [0.1, 0.15) is 31.1 Å². The first-order chi connectivity index (χ1) is 12.5. The number of nitrogens with one attached hydrogen (secondary N) is 3. The molecule has 0 radical (unpaired) electrons. The van der Waals surface area contributed by atoms with E-state index in [2.05, 4.69) is 16.0 Å². The van der Waals surface area contributed by atoms with Gasteiger partial charge in [0.05, 0.1) is 18.8 Å². The maximum Gasteiger partial charge on any atom is 0.251 e. The normalized spacial score (nSPS) is 10.3. The van der Waals surface area contributed by atoms with Crippen molar-refractivity contribution < 1.29 is 14.3 Å². The van der Waals surface area contributed by atoms with E-state index in [9.17, 15) is 9.59 Å². The molecule has 0 unspecified atom stereocenters. The molecule has 6 heteroatoms. The zero-order valence-electron chi connectivity index (χ0n) is 15.3. The molecule has 0 atom stereocenters. The Hall–Kier alpha value is -3.02. The first-order valence-corrected chi connectivity index (χ1v) is 8.66. The molecule has 0 aliphatic carbocycles. The Labute approximate surface area is 153 Å². The summed E-state index contributed by atoms with van der Waals surface area (Å²) in [6.07, 6.45) is 0. The zero-order valence-corrected chi connectivity index (χ0v) is 15.3. The molecule has 0 aliphatic heterocycles. The van der Waals surface area contributed by atoms with Crippen LogP contribution in [0.4, 0.5) is 11.4 Å². The summed E-state index contributed by atoms with van der Waals surface area (Å²) in [5.74, 6) is 0.327. The number of benzene rings is 2. The first-order valence-electron chi connectivity index (χ1n) is 8.66. The van der Waals surface area contributed by atoms with Crippen molar-refractivity contribution in [3.8, 4) is 5.75 Å². The monoisotopic (exact) mass is 355 g/mol. The van der Waals surface area contributed by atoms with Crippen LogP contribution in [0.5, 0.6) is 5.75 Å². The fourth-order valence-corrected chi connectivity index (χ4v) is 2.36. The number of carbonyl (C=O) groups is 2. The van der Waals surface area contributed by atoms with Gasteiger partial charge in [-0.3, -0.25) is 9.59 Å². The zero-order chi connectivity index (χ0) is 18.9. The summed E-state index contributed by atoms with van der Waals surface area (Å²) in [5.41, 5.74) is 1.84. The van der Waals surface area contributed by atoms with Gasteiger partial charge in [0.25, 0.3) is 5.91 Å². The van der Waals surface area contributed by atoms with Crippen molar-refractivity contribution >= 4 is 23.2 Å². The van der Waals surface area contributed by atoms with E-state index in [0.717, 1.165) is 5.69 Å². The second kappa shape index (κ2) is 9.46. The molecule has 0 aromatic heterocycles. The number of para-hydroxylation sites is 2. The van der Waals surface area contributed by atoms with E-state index in [0.29, 0.717) is 23.6 Å². The van der Waals surface area contributed by atoms with Gasteiger partial charge in [0.1, 0.15) is 5.75 Å². The Morgan fingerprint density at radius 3 is 2.58 bits per heavy atom. The third-order valence-electron chi connectivity index (χ3n) is 3.45. The highest BCUT2D eigenvalue weighted by Crippen LogP contribution is 2.23. The van der Waals surface area contributed by atoms with Crippen molar-refractivity contribution in [3.05, 3.63) is 54.1 Å². The molecule has 26 heavy (non-hydrogen) atoms. The van der Waals surface area contributed by atoms with Crippen LogP contribution in [0.15, 0.2) is 48.5 Å². The van der Waals surface area contributed by atoms with Crippen molar-refractivity contribution in [3.63, 3.8) is 0 Å². The van der Waals surface area contributed by atoms with Crippen LogP contribution in [0.2, 0.25) is 0 Å². The van der Waals surface area contributed by atoms with Gasteiger partial charge in [-0.05, 0) is 51.1 Å². The van der Waals surface area contributed by atoms with Crippen LogP contribution in [-0.4, -0.2) is 31.0 Å². The van der Waals surface area contributed by atoms with Gasteiger partial charge < -0.3 is 20.7 Å². The maximum atomic E-state index is 12.2. The molecule has 0 aliphatic rings. The molecule has 0 heterocycles. The Morgan fingerprint density at radius 2 is 1.85 bits per heavy atom. The Morgan fingerprint density at radius 1 is 1.08 bits per heavy atom. The fourth-order valence-electron chi connectivity index (χ4n) is 2.36. The predicted molar refractivity (Wildman–Crippen MR) is 104 cm³/mol. The lowest BCUT2D eigenvalue weighted by atomic mass is 10.1. The van der Waals surface area contributed by atoms with Crippen LogP contribution in [0.3, 0.4) is 0 Å². The summed E-state index contributed by atoms with van der Waals surface area (Å²) in [6.45, 7) is 6.35. The summed E-state index contributed by atoms with van der Waals surface area (Å²) in [7, 11) is 0.